The number of carbonyl (C=O) groups is 1. The highest BCUT2D eigenvalue weighted by molar-refractivity contribution is 5.87. The van der Waals surface area contributed by atoms with Crippen molar-refractivity contribution >= 4 is 12.0 Å². The maximum Gasteiger partial charge on any atom is 0.416 e. The number of alkyl halides is 5. The summed E-state index contributed by atoms with van der Waals surface area (Å²) in [6, 6.07) is 8.42. The summed E-state index contributed by atoms with van der Waals surface area (Å²) in [6.07, 6.45) is -2.11. The minimum atomic E-state index is -4.52. The second kappa shape index (κ2) is 10.1. The minimum Gasteiger partial charge on any atom is -0.493 e. The molecule has 0 saturated heterocycles. The zero-order valence-corrected chi connectivity index (χ0v) is 16.8. The molecule has 0 saturated carbocycles. The molecule has 0 aliphatic carbocycles. The molecule has 1 aromatic heterocycles. The van der Waals surface area contributed by atoms with Crippen LogP contribution in [0.4, 0.5) is 22.0 Å². The van der Waals surface area contributed by atoms with Crippen molar-refractivity contribution in [2.75, 3.05) is 7.11 Å². The molecule has 0 atom stereocenters. The third-order valence-corrected chi connectivity index (χ3v) is 4.07. The van der Waals surface area contributed by atoms with E-state index in [1.54, 1.807) is 0 Å². The predicted octanol–water partition coefficient (Wildman–Crippen LogP) is 5.12. The Kier molecular flexibility index (Phi) is 7.26. The zero-order chi connectivity index (χ0) is 24.0. The summed E-state index contributed by atoms with van der Waals surface area (Å²) >= 11 is 0. The van der Waals surface area contributed by atoms with E-state index in [0.29, 0.717) is 5.56 Å². The first-order valence-electron chi connectivity index (χ1n) is 9.13. The van der Waals surface area contributed by atoms with E-state index in [1.165, 1.54) is 43.5 Å². The summed E-state index contributed by atoms with van der Waals surface area (Å²) in [5.41, 5.74) is -0.345. The molecule has 33 heavy (non-hydrogen) atoms. The molecule has 2 aromatic carbocycles. The molecule has 0 amide bonds. The molecule has 0 aliphatic rings. The van der Waals surface area contributed by atoms with Crippen LogP contribution in [-0.2, 0) is 22.3 Å². The Hall–Kier alpha value is -3.96. The fourth-order valence-corrected chi connectivity index (χ4v) is 2.59. The lowest BCUT2D eigenvalue weighted by Crippen LogP contribution is -2.04. The van der Waals surface area contributed by atoms with Crippen molar-refractivity contribution in [3.63, 3.8) is 0 Å². The van der Waals surface area contributed by atoms with Gasteiger partial charge in [-0.25, -0.2) is 4.79 Å². The van der Waals surface area contributed by atoms with E-state index in [2.05, 4.69) is 14.9 Å². The zero-order valence-electron chi connectivity index (χ0n) is 16.8. The maximum absolute atomic E-state index is 12.8. The van der Waals surface area contributed by atoms with Crippen LogP contribution in [0.1, 0.15) is 17.0 Å². The van der Waals surface area contributed by atoms with E-state index in [4.69, 9.17) is 14.0 Å². The predicted molar refractivity (Wildman–Crippen MR) is 103 cm³/mol. The summed E-state index contributed by atoms with van der Waals surface area (Å²) in [5.74, 6) is -1.14. The lowest BCUT2D eigenvalue weighted by atomic mass is 10.1. The molecule has 3 rings (SSSR count). The third-order valence-electron chi connectivity index (χ3n) is 4.07. The van der Waals surface area contributed by atoms with Crippen molar-refractivity contribution in [3.05, 3.63) is 65.6 Å². The number of carbonyl (C=O) groups excluding carboxylic acids is 1. The Morgan fingerprint density at radius 2 is 1.94 bits per heavy atom. The van der Waals surface area contributed by atoms with Crippen LogP contribution in [-0.4, -0.2) is 29.8 Å². The number of benzene rings is 2. The number of aromatic nitrogens is 2. The van der Waals surface area contributed by atoms with E-state index in [9.17, 15) is 26.7 Å². The molecule has 7 nitrogen and oxygen atoms in total. The Bertz CT molecular complexity index is 1140. The number of hydrogen-bond acceptors (Lipinski definition) is 7. The molecule has 0 aliphatic heterocycles. The number of esters is 1. The number of methoxy groups -OCH3 is 1. The lowest BCUT2D eigenvalue weighted by molar-refractivity contribution is -0.140. The second-order valence-corrected chi connectivity index (χ2v) is 6.32. The number of ether oxygens (including phenoxy) is 3. The van der Waals surface area contributed by atoms with Gasteiger partial charge in [0.15, 0.2) is 18.1 Å². The first-order valence-corrected chi connectivity index (χ1v) is 9.13. The Balaban J connectivity index is 1.60. The van der Waals surface area contributed by atoms with Crippen LogP contribution >= 0.6 is 0 Å². The lowest BCUT2D eigenvalue weighted by Gasteiger charge is -2.10. The number of halogens is 5. The van der Waals surface area contributed by atoms with Crippen molar-refractivity contribution in [2.24, 2.45) is 0 Å². The van der Waals surface area contributed by atoms with Crippen LogP contribution in [0.5, 0.6) is 11.5 Å². The van der Waals surface area contributed by atoms with Crippen molar-refractivity contribution in [1.82, 2.24) is 10.1 Å². The van der Waals surface area contributed by atoms with E-state index in [-0.39, 0.29) is 28.8 Å². The number of rotatable bonds is 8. The van der Waals surface area contributed by atoms with Crippen molar-refractivity contribution < 1.29 is 45.5 Å². The van der Waals surface area contributed by atoms with E-state index in [0.717, 1.165) is 18.2 Å². The molecule has 0 unspecified atom stereocenters. The maximum atomic E-state index is 12.8. The van der Waals surface area contributed by atoms with Gasteiger partial charge in [-0.1, -0.05) is 23.4 Å². The molecule has 3 aromatic rings. The van der Waals surface area contributed by atoms with Crippen LogP contribution in [0.25, 0.3) is 17.5 Å². The van der Waals surface area contributed by atoms with Gasteiger partial charge in [0.05, 0.1) is 12.7 Å². The summed E-state index contributed by atoms with van der Waals surface area (Å²) in [7, 11) is 1.27. The van der Waals surface area contributed by atoms with Gasteiger partial charge in [0.25, 0.3) is 5.89 Å². The highest BCUT2D eigenvalue weighted by Crippen LogP contribution is 2.32. The van der Waals surface area contributed by atoms with E-state index < -0.39 is 30.9 Å². The van der Waals surface area contributed by atoms with Crippen LogP contribution in [0.2, 0.25) is 0 Å². The van der Waals surface area contributed by atoms with Gasteiger partial charge in [0.2, 0.25) is 5.82 Å². The number of hydrogen-bond donors (Lipinski definition) is 0. The van der Waals surface area contributed by atoms with Crippen molar-refractivity contribution in [3.8, 4) is 22.9 Å². The van der Waals surface area contributed by atoms with E-state index in [1.807, 2.05) is 0 Å². The molecule has 0 spiro atoms. The Morgan fingerprint density at radius 3 is 2.64 bits per heavy atom. The largest absolute Gasteiger partial charge is 0.493 e. The molecule has 12 heteroatoms. The minimum absolute atomic E-state index is 0.0406. The van der Waals surface area contributed by atoms with Crippen molar-refractivity contribution in [2.45, 2.75) is 19.4 Å². The average molecular weight is 470 g/mol. The first kappa shape index (κ1) is 23.7. The molecule has 1 heterocycles. The van der Waals surface area contributed by atoms with Crippen LogP contribution in [0.3, 0.4) is 0 Å². The van der Waals surface area contributed by atoms with Crippen LogP contribution < -0.4 is 9.47 Å². The average Bonchev–Trinajstić information content (AvgIpc) is 3.25. The fraction of sp³-hybridized carbons (Fsp3) is 0.190. The van der Waals surface area contributed by atoms with Gasteiger partial charge in [-0.15, -0.1) is 0 Å². The quantitative estimate of drug-likeness (QED) is 0.257. The standard InChI is InChI=1S/C21H15F5N2O5/c1-30-16-9-12(5-7-15(16)32-20(22)23)6-8-18(29)31-11-17-27-19(28-33-17)13-3-2-4-14(10-13)21(24,25)26/h2-10,20H,11H2,1H3/b8-6+. The first-order chi connectivity index (χ1) is 15.7. The molecule has 0 N–H and O–H groups in total. The van der Waals surface area contributed by atoms with Gasteiger partial charge in [-0.05, 0) is 35.9 Å². The molecular weight excluding hydrogens is 455 g/mol. The highest BCUT2D eigenvalue weighted by atomic mass is 19.4. The van der Waals surface area contributed by atoms with Gasteiger partial charge in [0.1, 0.15) is 0 Å². The third kappa shape index (κ3) is 6.51. The summed E-state index contributed by atoms with van der Waals surface area (Å²) in [5, 5.41) is 3.59. The summed E-state index contributed by atoms with van der Waals surface area (Å²) in [6.45, 7) is -3.44. The van der Waals surface area contributed by atoms with Gasteiger partial charge < -0.3 is 18.7 Å². The van der Waals surface area contributed by atoms with Crippen molar-refractivity contribution in [1.29, 1.82) is 0 Å². The van der Waals surface area contributed by atoms with Gasteiger partial charge >= 0.3 is 18.8 Å². The molecule has 174 valence electrons. The van der Waals surface area contributed by atoms with Crippen LogP contribution in [0, 0.1) is 0 Å². The fourth-order valence-electron chi connectivity index (χ4n) is 2.59. The second-order valence-electron chi connectivity index (χ2n) is 6.32. The molecule has 0 fully saturated rings. The topological polar surface area (TPSA) is 83.7 Å². The highest BCUT2D eigenvalue weighted by Gasteiger charge is 2.30. The van der Waals surface area contributed by atoms with Gasteiger partial charge in [-0.2, -0.15) is 26.9 Å². The SMILES string of the molecule is COc1cc(/C=C/C(=O)OCc2nc(-c3cccc(C(F)(F)F)c3)no2)ccc1OC(F)F. The molecule has 0 radical (unpaired) electrons. The normalized spacial score (nSPS) is 11.7. The Morgan fingerprint density at radius 1 is 1.15 bits per heavy atom. The molecule has 0 bridgehead atoms. The van der Waals surface area contributed by atoms with Crippen LogP contribution in [0.15, 0.2) is 53.1 Å². The van der Waals surface area contributed by atoms with Gasteiger partial charge in [0, 0.05) is 11.6 Å². The summed E-state index contributed by atoms with van der Waals surface area (Å²) < 4.78 is 82.4. The molecular formula is C21H15F5N2O5. The number of nitrogens with zero attached hydrogens (tertiary/aromatic N) is 2. The van der Waals surface area contributed by atoms with E-state index >= 15 is 0 Å². The Labute approximate surface area is 183 Å². The van der Waals surface area contributed by atoms with Gasteiger partial charge in [-0.3, -0.25) is 0 Å². The summed E-state index contributed by atoms with van der Waals surface area (Å²) in [4.78, 5) is 15.8. The smallest absolute Gasteiger partial charge is 0.416 e. The monoisotopic (exact) mass is 470 g/mol.